The maximum Gasteiger partial charge on any atom is 0.291 e. The normalized spacial score (nSPS) is 14.9. The monoisotopic (exact) mass is 397 g/mol. The predicted octanol–water partition coefficient (Wildman–Crippen LogP) is 1.44. The predicted molar refractivity (Wildman–Crippen MR) is 99.2 cm³/mol. The van der Waals surface area contributed by atoms with Gasteiger partial charge in [0.2, 0.25) is 11.0 Å². The molecule has 2 N–H and O–H groups in total. The minimum atomic E-state index is -3.90. The number of aromatic nitrogens is 2. The van der Waals surface area contributed by atoms with Gasteiger partial charge in [0, 0.05) is 25.7 Å². The first-order chi connectivity index (χ1) is 12.3. The van der Waals surface area contributed by atoms with Crippen molar-refractivity contribution in [2.24, 2.45) is 0 Å². The van der Waals surface area contributed by atoms with Gasteiger partial charge in [-0.2, -0.15) is 8.42 Å². The minimum Gasteiger partial charge on any atom is -0.378 e. The Morgan fingerprint density at radius 3 is 2.69 bits per heavy atom. The molecule has 0 bridgehead atoms. The third-order valence-corrected chi connectivity index (χ3v) is 6.33. The van der Waals surface area contributed by atoms with Crippen LogP contribution in [-0.4, -0.2) is 50.8 Å². The summed E-state index contributed by atoms with van der Waals surface area (Å²) < 4.78 is 32.9. The van der Waals surface area contributed by atoms with Crippen molar-refractivity contribution in [1.82, 2.24) is 10.2 Å². The van der Waals surface area contributed by atoms with Crippen LogP contribution in [0, 0.1) is 6.92 Å². The second kappa shape index (κ2) is 7.56. The van der Waals surface area contributed by atoms with Crippen LogP contribution in [0.3, 0.4) is 0 Å². The number of rotatable bonds is 5. The lowest BCUT2D eigenvalue weighted by Gasteiger charge is -2.29. The average molecular weight is 397 g/mol. The highest BCUT2D eigenvalue weighted by molar-refractivity contribution is 7.94. The van der Waals surface area contributed by atoms with E-state index >= 15 is 0 Å². The molecule has 1 fully saturated rings. The molecule has 0 aliphatic carbocycles. The second-order valence-electron chi connectivity index (χ2n) is 5.76. The molecule has 1 saturated heterocycles. The molecular formula is C15H19N5O4S2. The zero-order chi connectivity index (χ0) is 18.7. The third-order valence-electron chi connectivity index (χ3n) is 3.76. The van der Waals surface area contributed by atoms with E-state index in [1.165, 1.54) is 6.92 Å². The molecule has 9 nitrogen and oxygen atoms in total. The Morgan fingerprint density at radius 1 is 1.27 bits per heavy atom. The summed E-state index contributed by atoms with van der Waals surface area (Å²) in [6, 6.07) is 5.62. The standard InChI is InChI=1S/C15H19N5O4S2/c1-10-3-4-12(20-5-7-24-8-6-20)9-13(10)19-26(22,23)15-18-17-14(25-15)16-11(2)21/h3-4,9,19H,5-8H2,1-2H3,(H,16,17,21). The van der Waals surface area contributed by atoms with Crippen molar-refractivity contribution in [2.45, 2.75) is 18.2 Å². The van der Waals surface area contributed by atoms with E-state index in [1.807, 2.05) is 19.1 Å². The van der Waals surface area contributed by atoms with Crippen LogP contribution in [0.4, 0.5) is 16.5 Å². The average Bonchev–Trinajstić information content (AvgIpc) is 3.06. The molecule has 1 amide bonds. The second-order valence-corrected chi connectivity index (χ2v) is 8.59. The first kappa shape index (κ1) is 18.5. The van der Waals surface area contributed by atoms with Gasteiger partial charge in [-0.05, 0) is 24.6 Å². The smallest absolute Gasteiger partial charge is 0.291 e. The number of nitrogens with zero attached hydrogens (tertiary/aromatic N) is 3. The summed E-state index contributed by atoms with van der Waals surface area (Å²) in [5.41, 5.74) is 2.19. The van der Waals surface area contributed by atoms with E-state index in [0.717, 1.165) is 35.7 Å². The Morgan fingerprint density at radius 2 is 2.00 bits per heavy atom. The van der Waals surface area contributed by atoms with Crippen molar-refractivity contribution in [2.75, 3.05) is 41.2 Å². The Bertz CT molecular complexity index is 907. The molecule has 140 valence electrons. The summed E-state index contributed by atoms with van der Waals surface area (Å²) in [5, 5.41) is 9.88. The summed E-state index contributed by atoms with van der Waals surface area (Å²) in [6.07, 6.45) is 0. The van der Waals surface area contributed by atoms with Crippen LogP contribution in [-0.2, 0) is 19.6 Å². The topological polar surface area (TPSA) is 114 Å². The van der Waals surface area contributed by atoms with Gasteiger partial charge >= 0.3 is 0 Å². The fourth-order valence-corrected chi connectivity index (χ4v) is 4.52. The Hall–Kier alpha value is -2.24. The SMILES string of the molecule is CC(=O)Nc1nnc(S(=O)(=O)Nc2cc(N3CCOCC3)ccc2C)s1. The zero-order valence-electron chi connectivity index (χ0n) is 14.4. The number of morpholine rings is 1. The summed E-state index contributed by atoms with van der Waals surface area (Å²) >= 11 is 0.794. The molecule has 1 aliphatic heterocycles. The Kier molecular flexibility index (Phi) is 5.39. The quantitative estimate of drug-likeness (QED) is 0.734. The largest absolute Gasteiger partial charge is 0.378 e. The van der Waals surface area contributed by atoms with Crippen LogP contribution < -0.4 is 14.9 Å². The van der Waals surface area contributed by atoms with Crippen LogP contribution in [0.1, 0.15) is 12.5 Å². The Balaban J connectivity index is 1.82. The van der Waals surface area contributed by atoms with Gasteiger partial charge in [-0.3, -0.25) is 9.52 Å². The van der Waals surface area contributed by atoms with Gasteiger partial charge in [0.05, 0.1) is 18.9 Å². The van der Waals surface area contributed by atoms with Crippen LogP contribution >= 0.6 is 11.3 Å². The van der Waals surface area contributed by atoms with E-state index in [9.17, 15) is 13.2 Å². The van der Waals surface area contributed by atoms with Crippen molar-refractivity contribution >= 4 is 43.8 Å². The molecule has 0 saturated carbocycles. The molecule has 0 spiro atoms. The van der Waals surface area contributed by atoms with E-state index in [0.29, 0.717) is 18.9 Å². The fraction of sp³-hybridized carbons (Fsp3) is 0.400. The Labute approximate surface area is 155 Å². The van der Waals surface area contributed by atoms with Gasteiger partial charge in [0.15, 0.2) is 0 Å². The lowest BCUT2D eigenvalue weighted by molar-refractivity contribution is -0.114. The van der Waals surface area contributed by atoms with Crippen LogP contribution in [0.5, 0.6) is 0 Å². The number of nitrogens with one attached hydrogen (secondary N) is 2. The molecule has 3 rings (SSSR count). The summed E-state index contributed by atoms with van der Waals surface area (Å²) in [4.78, 5) is 13.2. The van der Waals surface area contributed by atoms with Crippen molar-refractivity contribution in [3.8, 4) is 0 Å². The van der Waals surface area contributed by atoms with Gasteiger partial charge in [-0.25, -0.2) is 0 Å². The first-order valence-electron chi connectivity index (χ1n) is 7.92. The number of sulfonamides is 1. The fourth-order valence-electron chi connectivity index (χ4n) is 2.45. The van der Waals surface area contributed by atoms with Crippen molar-refractivity contribution < 1.29 is 17.9 Å². The lowest BCUT2D eigenvalue weighted by Crippen LogP contribution is -2.36. The van der Waals surface area contributed by atoms with Gasteiger partial charge in [-0.15, -0.1) is 10.2 Å². The van der Waals surface area contributed by atoms with Crippen molar-refractivity contribution in [3.05, 3.63) is 23.8 Å². The van der Waals surface area contributed by atoms with Gasteiger partial charge in [0.25, 0.3) is 14.4 Å². The maximum absolute atomic E-state index is 12.6. The van der Waals surface area contributed by atoms with Crippen molar-refractivity contribution in [3.63, 3.8) is 0 Å². The number of carbonyl (C=O) groups excluding carboxylic acids is 1. The number of anilines is 3. The van der Waals surface area contributed by atoms with Crippen LogP contribution in [0.25, 0.3) is 0 Å². The van der Waals surface area contributed by atoms with Crippen LogP contribution in [0.15, 0.2) is 22.5 Å². The molecule has 2 heterocycles. The molecule has 1 aliphatic rings. The lowest BCUT2D eigenvalue weighted by atomic mass is 10.1. The van der Waals surface area contributed by atoms with Gasteiger partial charge in [-0.1, -0.05) is 17.4 Å². The number of amides is 1. The van der Waals surface area contributed by atoms with E-state index in [2.05, 4.69) is 25.1 Å². The van der Waals surface area contributed by atoms with E-state index in [4.69, 9.17) is 4.74 Å². The molecule has 2 aromatic rings. The molecule has 0 radical (unpaired) electrons. The molecule has 1 aromatic heterocycles. The van der Waals surface area contributed by atoms with Gasteiger partial charge in [0.1, 0.15) is 0 Å². The first-order valence-corrected chi connectivity index (χ1v) is 10.2. The number of benzene rings is 1. The molecule has 11 heteroatoms. The van der Waals surface area contributed by atoms with E-state index in [-0.39, 0.29) is 15.4 Å². The molecule has 26 heavy (non-hydrogen) atoms. The van der Waals surface area contributed by atoms with Gasteiger partial charge < -0.3 is 15.0 Å². The highest BCUT2D eigenvalue weighted by Crippen LogP contribution is 2.28. The molecule has 0 atom stereocenters. The third kappa shape index (κ3) is 4.29. The highest BCUT2D eigenvalue weighted by Gasteiger charge is 2.22. The van der Waals surface area contributed by atoms with E-state index < -0.39 is 10.0 Å². The number of ether oxygens (including phenoxy) is 1. The highest BCUT2D eigenvalue weighted by atomic mass is 32.2. The number of hydrogen-bond donors (Lipinski definition) is 2. The number of carbonyl (C=O) groups is 1. The number of hydrogen-bond acceptors (Lipinski definition) is 8. The summed E-state index contributed by atoms with van der Waals surface area (Å²) in [6.45, 7) is 5.94. The molecule has 1 aromatic carbocycles. The summed E-state index contributed by atoms with van der Waals surface area (Å²) in [7, 11) is -3.90. The zero-order valence-corrected chi connectivity index (χ0v) is 16.0. The van der Waals surface area contributed by atoms with Crippen LogP contribution in [0.2, 0.25) is 0 Å². The molecule has 0 unspecified atom stereocenters. The summed E-state index contributed by atoms with van der Waals surface area (Å²) in [5.74, 6) is -0.341. The minimum absolute atomic E-state index is 0.136. The van der Waals surface area contributed by atoms with Crippen molar-refractivity contribution in [1.29, 1.82) is 0 Å². The number of aryl methyl sites for hydroxylation is 1. The van der Waals surface area contributed by atoms with E-state index in [1.54, 1.807) is 6.07 Å². The maximum atomic E-state index is 12.6. The molecular weight excluding hydrogens is 378 g/mol.